The molecule has 25 heavy (non-hydrogen) atoms. The lowest BCUT2D eigenvalue weighted by Gasteiger charge is -2.06. The summed E-state index contributed by atoms with van der Waals surface area (Å²) < 4.78 is 2.19. The van der Waals surface area contributed by atoms with Crippen LogP contribution in [0.15, 0.2) is 53.8 Å². The van der Waals surface area contributed by atoms with Gasteiger partial charge in [-0.1, -0.05) is 23.7 Å². The SMILES string of the molecule is CSC1=Nc2cnc(Cl)cc2Cn2cc(-c3ccc(C#N)cc3)cc21. The predicted octanol–water partition coefficient (Wildman–Crippen LogP) is 4.88. The second-order valence-electron chi connectivity index (χ2n) is 5.69. The maximum absolute atomic E-state index is 8.96. The van der Waals surface area contributed by atoms with E-state index in [4.69, 9.17) is 21.9 Å². The van der Waals surface area contributed by atoms with Crippen molar-refractivity contribution in [1.82, 2.24) is 9.55 Å². The molecule has 2 aromatic heterocycles. The summed E-state index contributed by atoms with van der Waals surface area (Å²) in [6.45, 7) is 0.691. The molecule has 122 valence electrons. The van der Waals surface area contributed by atoms with E-state index in [1.54, 1.807) is 18.0 Å². The Morgan fingerprint density at radius 1 is 1.20 bits per heavy atom. The van der Waals surface area contributed by atoms with Crippen molar-refractivity contribution in [2.75, 3.05) is 6.26 Å². The summed E-state index contributed by atoms with van der Waals surface area (Å²) in [4.78, 5) is 8.91. The molecule has 0 amide bonds. The molecule has 0 unspecified atom stereocenters. The second-order valence-corrected chi connectivity index (χ2v) is 6.87. The van der Waals surface area contributed by atoms with Crippen molar-refractivity contribution >= 4 is 34.1 Å². The minimum atomic E-state index is 0.475. The third kappa shape index (κ3) is 2.95. The molecule has 1 aliphatic heterocycles. The molecule has 0 bridgehead atoms. The van der Waals surface area contributed by atoms with Crippen LogP contribution in [-0.2, 0) is 6.54 Å². The number of aromatic nitrogens is 2. The van der Waals surface area contributed by atoms with Gasteiger partial charge < -0.3 is 4.57 Å². The van der Waals surface area contributed by atoms with Gasteiger partial charge in [0, 0.05) is 23.9 Å². The lowest BCUT2D eigenvalue weighted by atomic mass is 10.1. The van der Waals surface area contributed by atoms with Crippen LogP contribution in [0.25, 0.3) is 11.1 Å². The molecule has 0 aliphatic carbocycles. The monoisotopic (exact) mass is 364 g/mol. The summed E-state index contributed by atoms with van der Waals surface area (Å²) >= 11 is 7.67. The Morgan fingerprint density at radius 3 is 2.72 bits per heavy atom. The normalized spacial score (nSPS) is 12.6. The summed E-state index contributed by atoms with van der Waals surface area (Å²) in [5, 5.41) is 10.4. The number of benzene rings is 1. The Labute approximate surface area is 154 Å². The maximum atomic E-state index is 8.96. The van der Waals surface area contributed by atoms with Crippen molar-refractivity contribution < 1.29 is 0 Å². The summed E-state index contributed by atoms with van der Waals surface area (Å²) in [6, 6.07) is 13.8. The van der Waals surface area contributed by atoms with Crippen LogP contribution < -0.4 is 0 Å². The van der Waals surface area contributed by atoms with E-state index in [9.17, 15) is 0 Å². The first-order valence-electron chi connectivity index (χ1n) is 7.66. The first-order chi connectivity index (χ1) is 12.2. The van der Waals surface area contributed by atoms with E-state index in [1.807, 2.05) is 36.6 Å². The fourth-order valence-electron chi connectivity index (χ4n) is 2.90. The average Bonchev–Trinajstić information content (AvgIpc) is 2.99. The number of nitriles is 1. The fourth-order valence-corrected chi connectivity index (χ4v) is 3.66. The topological polar surface area (TPSA) is 54.0 Å². The molecule has 1 aliphatic rings. The minimum Gasteiger partial charge on any atom is -0.341 e. The van der Waals surface area contributed by atoms with Gasteiger partial charge in [-0.15, -0.1) is 11.8 Å². The van der Waals surface area contributed by atoms with Gasteiger partial charge in [0.15, 0.2) is 0 Å². The van der Waals surface area contributed by atoms with Gasteiger partial charge in [-0.3, -0.25) is 0 Å². The molecule has 0 spiro atoms. The van der Waals surface area contributed by atoms with Gasteiger partial charge in [0.2, 0.25) is 0 Å². The molecule has 0 saturated carbocycles. The highest BCUT2D eigenvalue weighted by Crippen LogP contribution is 2.32. The van der Waals surface area contributed by atoms with Crippen molar-refractivity contribution in [3.05, 3.63) is 70.8 Å². The quantitative estimate of drug-likeness (QED) is 0.578. The third-order valence-corrected chi connectivity index (χ3v) is 5.05. The van der Waals surface area contributed by atoms with Crippen molar-refractivity contribution in [2.24, 2.45) is 4.99 Å². The molecule has 3 aromatic rings. The lowest BCUT2D eigenvalue weighted by molar-refractivity contribution is 0.804. The first kappa shape index (κ1) is 15.9. The third-order valence-electron chi connectivity index (χ3n) is 4.15. The van der Waals surface area contributed by atoms with Gasteiger partial charge in [0.25, 0.3) is 0 Å². The van der Waals surface area contributed by atoms with Crippen molar-refractivity contribution in [1.29, 1.82) is 5.26 Å². The van der Waals surface area contributed by atoms with Crippen LogP contribution >= 0.6 is 23.4 Å². The molecule has 6 heteroatoms. The van der Waals surface area contributed by atoms with Gasteiger partial charge >= 0.3 is 0 Å². The van der Waals surface area contributed by atoms with E-state index in [-0.39, 0.29) is 0 Å². The number of fused-ring (bicyclic) bond motifs is 2. The van der Waals surface area contributed by atoms with Gasteiger partial charge in [-0.05, 0) is 36.1 Å². The number of rotatable bonds is 1. The van der Waals surface area contributed by atoms with E-state index in [0.29, 0.717) is 17.3 Å². The van der Waals surface area contributed by atoms with Crippen LogP contribution in [0.5, 0.6) is 0 Å². The lowest BCUT2D eigenvalue weighted by Crippen LogP contribution is -2.04. The van der Waals surface area contributed by atoms with Gasteiger partial charge in [-0.2, -0.15) is 5.26 Å². The summed E-state index contributed by atoms with van der Waals surface area (Å²) in [5.41, 5.74) is 5.81. The van der Waals surface area contributed by atoms with E-state index >= 15 is 0 Å². The molecule has 0 fully saturated rings. The highest BCUT2D eigenvalue weighted by Gasteiger charge is 2.18. The van der Waals surface area contributed by atoms with Crippen LogP contribution in [0, 0.1) is 11.3 Å². The Bertz CT molecular complexity index is 1030. The van der Waals surface area contributed by atoms with Crippen molar-refractivity contribution in [2.45, 2.75) is 6.54 Å². The Balaban J connectivity index is 1.82. The second kappa shape index (κ2) is 6.40. The van der Waals surface area contributed by atoms with E-state index < -0.39 is 0 Å². The molecular weight excluding hydrogens is 352 g/mol. The molecular formula is C19H13ClN4S. The van der Waals surface area contributed by atoms with E-state index in [2.05, 4.69) is 27.9 Å². The minimum absolute atomic E-state index is 0.475. The molecule has 0 saturated heterocycles. The molecule has 0 N–H and O–H groups in total. The van der Waals surface area contributed by atoms with Crippen LogP contribution in [0.3, 0.4) is 0 Å². The van der Waals surface area contributed by atoms with Gasteiger partial charge in [0.05, 0.1) is 29.2 Å². The molecule has 0 radical (unpaired) electrons. The van der Waals surface area contributed by atoms with Crippen LogP contribution in [0.4, 0.5) is 5.69 Å². The van der Waals surface area contributed by atoms with E-state index in [0.717, 1.165) is 33.1 Å². The predicted molar refractivity (Wildman–Crippen MR) is 103 cm³/mol. The van der Waals surface area contributed by atoms with Crippen LogP contribution in [0.2, 0.25) is 5.15 Å². The largest absolute Gasteiger partial charge is 0.341 e. The summed E-state index contributed by atoms with van der Waals surface area (Å²) in [5.74, 6) is 0. The van der Waals surface area contributed by atoms with Crippen LogP contribution in [-0.4, -0.2) is 20.9 Å². The fraction of sp³-hybridized carbons (Fsp3) is 0.105. The van der Waals surface area contributed by atoms with Crippen molar-refractivity contribution in [3.8, 4) is 17.2 Å². The Morgan fingerprint density at radius 2 is 2.00 bits per heavy atom. The first-order valence-corrected chi connectivity index (χ1v) is 9.26. The van der Waals surface area contributed by atoms with E-state index in [1.165, 1.54) is 0 Å². The van der Waals surface area contributed by atoms with Crippen LogP contribution in [0.1, 0.15) is 16.8 Å². The number of aliphatic imine (C=N–C) groups is 1. The number of nitrogens with zero attached hydrogens (tertiary/aromatic N) is 4. The summed E-state index contributed by atoms with van der Waals surface area (Å²) in [7, 11) is 0. The number of hydrogen-bond acceptors (Lipinski definition) is 4. The zero-order chi connectivity index (χ0) is 17.4. The van der Waals surface area contributed by atoms with Gasteiger partial charge in [-0.25, -0.2) is 9.98 Å². The number of halogens is 1. The zero-order valence-corrected chi connectivity index (χ0v) is 15.0. The van der Waals surface area contributed by atoms with Crippen molar-refractivity contribution in [3.63, 3.8) is 0 Å². The maximum Gasteiger partial charge on any atom is 0.129 e. The average molecular weight is 365 g/mol. The molecule has 4 nitrogen and oxygen atoms in total. The highest BCUT2D eigenvalue weighted by atomic mass is 35.5. The molecule has 3 heterocycles. The van der Waals surface area contributed by atoms with Gasteiger partial charge in [0.1, 0.15) is 10.2 Å². The zero-order valence-electron chi connectivity index (χ0n) is 13.4. The Hall–Kier alpha value is -2.55. The molecule has 1 aromatic carbocycles. The molecule has 0 atom stereocenters. The highest BCUT2D eigenvalue weighted by molar-refractivity contribution is 8.13. The number of pyridine rings is 1. The standard InChI is InChI=1S/C19H13ClN4S/c1-25-19-17-6-14(13-4-2-12(8-21)3-5-13)10-24(17)11-15-7-18(20)22-9-16(15)23-19/h2-7,9-10H,11H2,1H3. The Kier molecular flexibility index (Phi) is 4.08. The number of hydrogen-bond donors (Lipinski definition) is 0. The smallest absolute Gasteiger partial charge is 0.129 e. The summed E-state index contributed by atoms with van der Waals surface area (Å²) in [6.07, 6.45) is 5.86. The number of thioether (sulfide) groups is 1. The molecule has 4 rings (SSSR count).